The molecule has 1 aliphatic rings. The SMILES string of the molecule is CCCC[C@H](N)c1nc(C2Cc3ccccc3O2)no1. The summed E-state index contributed by atoms with van der Waals surface area (Å²) in [5, 5.41) is 4.02. The lowest BCUT2D eigenvalue weighted by molar-refractivity contribution is 0.220. The molecule has 2 N–H and O–H groups in total. The number of fused-ring (bicyclic) bond motifs is 1. The summed E-state index contributed by atoms with van der Waals surface area (Å²) in [6.07, 6.45) is 3.65. The monoisotopic (exact) mass is 273 g/mol. The van der Waals surface area contributed by atoms with Gasteiger partial charge in [-0.2, -0.15) is 4.98 Å². The summed E-state index contributed by atoms with van der Waals surface area (Å²) in [5.41, 5.74) is 7.22. The molecule has 2 aromatic rings. The quantitative estimate of drug-likeness (QED) is 0.906. The molecule has 2 atom stereocenters. The van der Waals surface area contributed by atoms with E-state index in [1.165, 1.54) is 5.56 Å². The maximum atomic E-state index is 6.04. The molecular weight excluding hydrogens is 254 g/mol. The summed E-state index contributed by atoms with van der Waals surface area (Å²) in [4.78, 5) is 4.40. The maximum Gasteiger partial charge on any atom is 0.243 e. The van der Waals surface area contributed by atoms with E-state index in [0.29, 0.717) is 11.7 Å². The third-order valence-corrected chi connectivity index (χ3v) is 3.58. The van der Waals surface area contributed by atoms with Crippen LogP contribution in [0.5, 0.6) is 5.75 Å². The smallest absolute Gasteiger partial charge is 0.243 e. The Kier molecular flexibility index (Phi) is 3.69. The number of nitrogens with two attached hydrogens (primary N) is 1. The Morgan fingerprint density at radius 3 is 3.05 bits per heavy atom. The Labute approximate surface area is 118 Å². The van der Waals surface area contributed by atoms with Gasteiger partial charge in [0, 0.05) is 6.42 Å². The topological polar surface area (TPSA) is 74.2 Å². The molecule has 0 spiro atoms. The molecule has 1 unspecified atom stereocenters. The van der Waals surface area contributed by atoms with E-state index >= 15 is 0 Å². The van der Waals surface area contributed by atoms with Crippen molar-refractivity contribution >= 4 is 0 Å². The molecule has 5 nitrogen and oxygen atoms in total. The zero-order valence-electron chi connectivity index (χ0n) is 11.6. The van der Waals surface area contributed by atoms with E-state index in [-0.39, 0.29) is 12.1 Å². The highest BCUT2D eigenvalue weighted by atomic mass is 16.5. The van der Waals surface area contributed by atoms with Crippen molar-refractivity contribution < 1.29 is 9.26 Å². The van der Waals surface area contributed by atoms with Gasteiger partial charge in [0.05, 0.1) is 6.04 Å². The van der Waals surface area contributed by atoms with Gasteiger partial charge in [-0.1, -0.05) is 43.1 Å². The van der Waals surface area contributed by atoms with Crippen LogP contribution in [0.1, 0.15) is 55.6 Å². The fraction of sp³-hybridized carbons (Fsp3) is 0.467. The molecule has 5 heteroatoms. The number of unbranched alkanes of at least 4 members (excludes halogenated alkanes) is 1. The fourth-order valence-electron chi connectivity index (χ4n) is 2.40. The average molecular weight is 273 g/mol. The molecular formula is C15H19N3O2. The Morgan fingerprint density at radius 2 is 2.25 bits per heavy atom. The molecule has 0 bridgehead atoms. The second-order valence-electron chi connectivity index (χ2n) is 5.16. The van der Waals surface area contributed by atoms with Crippen molar-refractivity contribution in [3.8, 4) is 5.75 Å². The molecule has 2 heterocycles. The third kappa shape index (κ3) is 2.54. The minimum atomic E-state index is -0.181. The first-order valence-electron chi connectivity index (χ1n) is 7.11. The third-order valence-electron chi connectivity index (χ3n) is 3.58. The number of nitrogens with zero attached hydrogens (tertiary/aromatic N) is 2. The molecule has 3 rings (SSSR count). The molecule has 0 saturated carbocycles. The predicted octanol–water partition coefficient (Wildman–Crippen LogP) is 2.94. The molecule has 0 aliphatic carbocycles. The van der Waals surface area contributed by atoms with Crippen LogP contribution in [0.15, 0.2) is 28.8 Å². The molecule has 1 aromatic carbocycles. The number of rotatable bonds is 5. The lowest BCUT2D eigenvalue weighted by Gasteiger charge is -2.05. The highest BCUT2D eigenvalue weighted by molar-refractivity contribution is 5.37. The zero-order valence-corrected chi connectivity index (χ0v) is 11.6. The molecule has 106 valence electrons. The number of benzene rings is 1. The lowest BCUT2D eigenvalue weighted by atomic mass is 10.1. The minimum absolute atomic E-state index is 0.164. The van der Waals surface area contributed by atoms with Gasteiger partial charge >= 0.3 is 0 Å². The van der Waals surface area contributed by atoms with Crippen LogP contribution in [0.25, 0.3) is 0 Å². The average Bonchev–Trinajstić information content (AvgIpc) is 3.10. The van der Waals surface area contributed by atoms with E-state index < -0.39 is 0 Å². The maximum absolute atomic E-state index is 6.04. The van der Waals surface area contributed by atoms with Crippen LogP contribution < -0.4 is 10.5 Å². The van der Waals surface area contributed by atoms with Crippen LogP contribution in [0.3, 0.4) is 0 Å². The van der Waals surface area contributed by atoms with E-state index in [9.17, 15) is 0 Å². The van der Waals surface area contributed by atoms with Crippen molar-refractivity contribution in [2.45, 2.75) is 44.8 Å². The van der Waals surface area contributed by atoms with Crippen LogP contribution in [0.2, 0.25) is 0 Å². The summed E-state index contributed by atoms with van der Waals surface area (Å²) in [5.74, 6) is 2.00. The molecule has 0 amide bonds. The second-order valence-corrected chi connectivity index (χ2v) is 5.16. The van der Waals surface area contributed by atoms with Gasteiger partial charge < -0.3 is 15.0 Å². The highest BCUT2D eigenvalue weighted by Gasteiger charge is 2.28. The normalized spacial score (nSPS) is 18.6. The predicted molar refractivity (Wildman–Crippen MR) is 74.3 cm³/mol. The summed E-state index contributed by atoms with van der Waals surface area (Å²) in [7, 11) is 0. The van der Waals surface area contributed by atoms with Crippen LogP contribution in [0.4, 0.5) is 0 Å². The van der Waals surface area contributed by atoms with Crippen molar-refractivity contribution in [1.82, 2.24) is 10.1 Å². The first-order chi connectivity index (χ1) is 9.78. The molecule has 0 fully saturated rings. The Morgan fingerprint density at radius 1 is 1.40 bits per heavy atom. The zero-order chi connectivity index (χ0) is 13.9. The van der Waals surface area contributed by atoms with Crippen molar-refractivity contribution in [3.05, 3.63) is 41.5 Å². The van der Waals surface area contributed by atoms with Crippen molar-refractivity contribution in [2.75, 3.05) is 0 Å². The number of hydrogen-bond donors (Lipinski definition) is 1. The Balaban J connectivity index is 1.69. The number of hydrogen-bond acceptors (Lipinski definition) is 5. The van der Waals surface area contributed by atoms with Gasteiger partial charge in [-0.3, -0.25) is 0 Å². The summed E-state index contributed by atoms with van der Waals surface area (Å²) in [6.45, 7) is 2.13. The van der Waals surface area contributed by atoms with Crippen LogP contribution >= 0.6 is 0 Å². The highest BCUT2D eigenvalue weighted by Crippen LogP contribution is 2.35. The van der Waals surface area contributed by atoms with E-state index in [4.69, 9.17) is 15.0 Å². The Bertz CT molecular complexity index is 557. The van der Waals surface area contributed by atoms with Crippen LogP contribution in [-0.2, 0) is 6.42 Å². The van der Waals surface area contributed by atoms with Crippen molar-refractivity contribution in [3.63, 3.8) is 0 Å². The van der Waals surface area contributed by atoms with Gasteiger partial charge in [-0.25, -0.2) is 0 Å². The summed E-state index contributed by atoms with van der Waals surface area (Å²) >= 11 is 0. The van der Waals surface area contributed by atoms with Crippen LogP contribution in [-0.4, -0.2) is 10.1 Å². The summed E-state index contributed by atoms with van der Waals surface area (Å²) in [6, 6.07) is 7.81. The lowest BCUT2D eigenvalue weighted by Crippen LogP contribution is -2.11. The van der Waals surface area contributed by atoms with E-state index in [2.05, 4.69) is 23.1 Å². The van der Waals surface area contributed by atoms with Gasteiger partial charge in [-0.05, 0) is 18.1 Å². The number of aromatic nitrogens is 2. The van der Waals surface area contributed by atoms with Crippen molar-refractivity contribution in [1.29, 1.82) is 0 Å². The van der Waals surface area contributed by atoms with Crippen LogP contribution in [0, 0.1) is 0 Å². The van der Waals surface area contributed by atoms with Gasteiger partial charge in [0.25, 0.3) is 0 Å². The fourth-order valence-corrected chi connectivity index (χ4v) is 2.40. The summed E-state index contributed by atoms with van der Waals surface area (Å²) < 4.78 is 11.1. The van der Waals surface area contributed by atoms with E-state index in [1.807, 2.05) is 18.2 Å². The van der Waals surface area contributed by atoms with Gasteiger partial charge in [0.2, 0.25) is 11.7 Å². The standard InChI is InChI=1S/C15H19N3O2/c1-2-3-7-11(16)15-17-14(18-20-15)13-9-10-6-4-5-8-12(10)19-13/h4-6,8,11,13H,2-3,7,9,16H2,1H3/t11-,13?/m0/s1. The molecule has 0 radical (unpaired) electrons. The van der Waals surface area contributed by atoms with Crippen molar-refractivity contribution in [2.24, 2.45) is 5.73 Å². The second kappa shape index (κ2) is 5.63. The van der Waals surface area contributed by atoms with E-state index in [0.717, 1.165) is 31.4 Å². The molecule has 20 heavy (non-hydrogen) atoms. The molecule has 1 aliphatic heterocycles. The minimum Gasteiger partial charge on any atom is -0.482 e. The van der Waals surface area contributed by atoms with Gasteiger partial charge in [-0.15, -0.1) is 0 Å². The first-order valence-corrected chi connectivity index (χ1v) is 7.11. The van der Waals surface area contributed by atoms with Gasteiger partial charge in [0.1, 0.15) is 5.75 Å². The molecule has 1 aromatic heterocycles. The van der Waals surface area contributed by atoms with E-state index in [1.54, 1.807) is 0 Å². The largest absolute Gasteiger partial charge is 0.482 e. The number of ether oxygens (including phenoxy) is 1. The van der Waals surface area contributed by atoms with Gasteiger partial charge in [0.15, 0.2) is 6.10 Å². The first kappa shape index (κ1) is 13.1. The Hall–Kier alpha value is -1.88. The number of para-hydroxylation sites is 1. The molecule has 0 saturated heterocycles.